The molecule has 0 aliphatic carbocycles. The van der Waals surface area contributed by atoms with Crippen molar-refractivity contribution in [3.8, 4) is 23.0 Å². The van der Waals surface area contributed by atoms with E-state index in [2.05, 4.69) is 0 Å². The molecule has 5 aromatic rings. The summed E-state index contributed by atoms with van der Waals surface area (Å²) in [6.07, 6.45) is 0. The standard InChI is InChI=1S/C32H22O4/c33-31(24-16-18-27(19-17-24)35-25-12-6-2-7-13-25)29-21-20-28(36-26-14-8-3-9-15-26)22-30(29)32(34)23-10-4-1-5-11-23/h1-22H. The van der Waals surface area contributed by atoms with E-state index in [1.807, 2.05) is 66.7 Å². The first-order chi connectivity index (χ1) is 17.7. The van der Waals surface area contributed by atoms with Crippen molar-refractivity contribution in [2.24, 2.45) is 0 Å². The Morgan fingerprint density at radius 1 is 0.389 bits per heavy atom. The number of hydrogen-bond acceptors (Lipinski definition) is 4. The predicted octanol–water partition coefficient (Wildman–Crippen LogP) is 7.73. The van der Waals surface area contributed by atoms with E-state index < -0.39 is 0 Å². The van der Waals surface area contributed by atoms with Crippen molar-refractivity contribution < 1.29 is 19.1 Å². The number of para-hydroxylation sites is 2. The van der Waals surface area contributed by atoms with Crippen molar-refractivity contribution in [2.45, 2.75) is 0 Å². The fourth-order valence-corrected chi connectivity index (χ4v) is 3.80. The van der Waals surface area contributed by atoms with Gasteiger partial charge in [-0.25, -0.2) is 0 Å². The summed E-state index contributed by atoms with van der Waals surface area (Å²) in [5.41, 5.74) is 1.54. The zero-order valence-corrected chi connectivity index (χ0v) is 19.3. The molecule has 0 aliphatic heterocycles. The van der Waals surface area contributed by atoms with Crippen molar-refractivity contribution >= 4 is 11.6 Å². The van der Waals surface area contributed by atoms with E-state index in [0.29, 0.717) is 39.7 Å². The Balaban J connectivity index is 1.46. The van der Waals surface area contributed by atoms with Crippen molar-refractivity contribution in [3.05, 3.63) is 156 Å². The lowest BCUT2D eigenvalue weighted by molar-refractivity contribution is 0.100. The van der Waals surface area contributed by atoms with E-state index in [-0.39, 0.29) is 17.1 Å². The molecule has 0 saturated carbocycles. The highest BCUT2D eigenvalue weighted by molar-refractivity contribution is 6.19. The van der Waals surface area contributed by atoms with Gasteiger partial charge in [-0.2, -0.15) is 0 Å². The Kier molecular flexibility index (Phi) is 6.68. The molecule has 0 radical (unpaired) electrons. The van der Waals surface area contributed by atoms with Gasteiger partial charge in [-0.3, -0.25) is 9.59 Å². The van der Waals surface area contributed by atoms with Crippen LogP contribution in [-0.2, 0) is 0 Å². The van der Waals surface area contributed by atoms with Crippen LogP contribution in [0.3, 0.4) is 0 Å². The maximum atomic E-state index is 13.5. The number of hydrogen-bond donors (Lipinski definition) is 0. The molecule has 174 valence electrons. The molecule has 0 aromatic heterocycles. The summed E-state index contributed by atoms with van der Waals surface area (Å²) in [4.78, 5) is 26.9. The SMILES string of the molecule is O=C(c1ccc(Oc2ccccc2)cc1)c1ccc(Oc2ccccc2)cc1C(=O)c1ccccc1. The maximum Gasteiger partial charge on any atom is 0.193 e. The smallest absolute Gasteiger partial charge is 0.193 e. The number of carbonyl (C=O) groups is 2. The second-order valence-electron chi connectivity index (χ2n) is 8.09. The van der Waals surface area contributed by atoms with Gasteiger partial charge in [0.2, 0.25) is 0 Å². The predicted molar refractivity (Wildman–Crippen MR) is 139 cm³/mol. The van der Waals surface area contributed by atoms with Crippen LogP contribution in [0.2, 0.25) is 0 Å². The summed E-state index contributed by atoms with van der Waals surface area (Å²) >= 11 is 0. The van der Waals surface area contributed by atoms with Gasteiger partial charge in [0.05, 0.1) is 0 Å². The molecule has 36 heavy (non-hydrogen) atoms. The van der Waals surface area contributed by atoms with Gasteiger partial charge in [-0.1, -0.05) is 66.7 Å². The third kappa shape index (κ3) is 5.24. The average Bonchev–Trinajstić information content (AvgIpc) is 2.94. The van der Waals surface area contributed by atoms with Gasteiger partial charge in [0.1, 0.15) is 23.0 Å². The highest BCUT2D eigenvalue weighted by Gasteiger charge is 2.21. The first-order valence-electron chi connectivity index (χ1n) is 11.5. The van der Waals surface area contributed by atoms with Gasteiger partial charge in [0, 0.05) is 22.3 Å². The summed E-state index contributed by atoms with van der Waals surface area (Å²) < 4.78 is 11.8. The lowest BCUT2D eigenvalue weighted by atomic mass is 9.93. The van der Waals surface area contributed by atoms with Gasteiger partial charge < -0.3 is 9.47 Å². The van der Waals surface area contributed by atoms with E-state index in [0.717, 1.165) is 0 Å². The zero-order chi connectivity index (χ0) is 24.7. The van der Waals surface area contributed by atoms with E-state index >= 15 is 0 Å². The van der Waals surface area contributed by atoms with E-state index in [4.69, 9.17) is 9.47 Å². The topological polar surface area (TPSA) is 52.6 Å². The Morgan fingerprint density at radius 2 is 0.806 bits per heavy atom. The number of benzene rings is 5. The number of ether oxygens (including phenoxy) is 2. The summed E-state index contributed by atoms with van der Waals surface area (Å²) in [6.45, 7) is 0. The van der Waals surface area contributed by atoms with Crippen molar-refractivity contribution in [2.75, 3.05) is 0 Å². The molecule has 0 saturated heterocycles. The quantitative estimate of drug-likeness (QED) is 0.218. The minimum absolute atomic E-state index is 0.249. The molecule has 4 nitrogen and oxygen atoms in total. The third-order valence-electron chi connectivity index (χ3n) is 5.59. The van der Waals surface area contributed by atoms with Crippen LogP contribution >= 0.6 is 0 Å². The lowest BCUT2D eigenvalue weighted by Crippen LogP contribution is -2.11. The summed E-state index contributed by atoms with van der Waals surface area (Å²) in [5, 5.41) is 0. The number of rotatable bonds is 8. The second-order valence-corrected chi connectivity index (χ2v) is 8.09. The van der Waals surface area contributed by atoms with Crippen LogP contribution in [0.25, 0.3) is 0 Å². The van der Waals surface area contributed by atoms with Crippen LogP contribution in [0.15, 0.2) is 133 Å². The highest BCUT2D eigenvalue weighted by Crippen LogP contribution is 2.28. The molecule has 0 heterocycles. The average molecular weight is 471 g/mol. The fourth-order valence-electron chi connectivity index (χ4n) is 3.80. The van der Waals surface area contributed by atoms with E-state index in [1.54, 1.807) is 66.7 Å². The summed E-state index contributed by atoms with van der Waals surface area (Å²) in [7, 11) is 0. The van der Waals surface area contributed by atoms with Crippen LogP contribution in [0.1, 0.15) is 31.8 Å². The Labute approximate surface area is 209 Å². The van der Waals surface area contributed by atoms with Crippen LogP contribution in [0.5, 0.6) is 23.0 Å². The largest absolute Gasteiger partial charge is 0.457 e. The van der Waals surface area contributed by atoms with Crippen molar-refractivity contribution in [1.29, 1.82) is 0 Å². The molecule has 0 fully saturated rings. The van der Waals surface area contributed by atoms with Gasteiger partial charge in [-0.15, -0.1) is 0 Å². The fraction of sp³-hybridized carbons (Fsp3) is 0. The first kappa shape index (κ1) is 22.8. The normalized spacial score (nSPS) is 10.4. The van der Waals surface area contributed by atoms with Gasteiger partial charge in [-0.05, 0) is 66.7 Å². The molecule has 0 atom stereocenters. The summed E-state index contributed by atoms with van der Waals surface area (Å²) in [6, 6.07) is 39.5. The lowest BCUT2D eigenvalue weighted by Gasteiger charge is -2.12. The highest BCUT2D eigenvalue weighted by atomic mass is 16.5. The molecule has 5 aromatic carbocycles. The van der Waals surface area contributed by atoms with E-state index in [9.17, 15) is 9.59 Å². The Bertz CT molecular complexity index is 1480. The molecule has 0 spiro atoms. The molecular weight excluding hydrogens is 448 g/mol. The van der Waals surface area contributed by atoms with Gasteiger partial charge >= 0.3 is 0 Å². The van der Waals surface area contributed by atoms with Crippen LogP contribution in [0, 0.1) is 0 Å². The first-order valence-corrected chi connectivity index (χ1v) is 11.5. The van der Waals surface area contributed by atoms with E-state index in [1.165, 1.54) is 0 Å². The molecule has 0 amide bonds. The minimum atomic E-state index is -0.258. The zero-order valence-electron chi connectivity index (χ0n) is 19.3. The molecule has 0 N–H and O–H groups in total. The second kappa shape index (κ2) is 10.5. The maximum absolute atomic E-state index is 13.5. The van der Waals surface area contributed by atoms with Crippen molar-refractivity contribution in [3.63, 3.8) is 0 Å². The van der Waals surface area contributed by atoms with Crippen LogP contribution in [0.4, 0.5) is 0 Å². The Morgan fingerprint density at radius 3 is 1.39 bits per heavy atom. The molecule has 0 unspecified atom stereocenters. The minimum Gasteiger partial charge on any atom is -0.457 e. The number of carbonyl (C=O) groups excluding carboxylic acids is 2. The Hall–Kier alpha value is -4.96. The van der Waals surface area contributed by atoms with Crippen LogP contribution < -0.4 is 9.47 Å². The molecule has 0 aliphatic rings. The molecule has 0 bridgehead atoms. The molecule has 5 rings (SSSR count). The van der Waals surface area contributed by atoms with Crippen molar-refractivity contribution in [1.82, 2.24) is 0 Å². The third-order valence-corrected chi connectivity index (χ3v) is 5.59. The number of ketones is 2. The summed E-state index contributed by atoms with van der Waals surface area (Å²) in [5.74, 6) is 1.94. The van der Waals surface area contributed by atoms with Gasteiger partial charge in [0.25, 0.3) is 0 Å². The molecular formula is C32H22O4. The van der Waals surface area contributed by atoms with Crippen LogP contribution in [-0.4, -0.2) is 11.6 Å². The molecule has 4 heteroatoms. The monoisotopic (exact) mass is 470 g/mol. The van der Waals surface area contributed by atoms with Gasteiger partial charge in [0.15, 0.2) is 11.6 Å².